The molecule has 0 saturated heterocycles. The Labute approximate surface area is 108 Å². The molecule has 2 rings (SSSR count). The molecule has 3 nitrogen and oxygen atoms in total. The number of nitrogens with zero attached hydrogens (tertiary/aromatic N) is 1. The highest BCUT2D eigenvalue weighted by atomic mass is 79.9. The third-order valence-electron chi connectivity index (χ3n) is 2.41. The summed E-state index contributed by atoms with van der Waals surface area (Å²) in [7, 11) is 0. The Balaban J connectivity index is 2.10. The molecule has 0 fully saturated rings. The van der Waals surface area contributed by atoms with E-state index in [-0.39, 0.29) is 5.75 Å². The van der Waals surface area contributed by atoms with Crippen LogP contribution in [0.2, 0.25) is 0 Å². The van der Waals surface area contributed by atoms with E-state index in [1.54, 1.807) is 24.5 Å². The lowest BCUT2D eigenvalue weighted by molar-refractivity contribution is 0.301. The summed E-state index contributed by atoms with van der Waals surface area (Å²) < 4.78 is 6.56. The molecule has 1 heterocycles. The van der Waals surface area contributed by atoms with Crippen molar-refractivity contribution in [3.63, 3.8) is 0 Å². The van der Waals surface area contributed by atoms with E-state index >= 15 is 0 Å². The van der Waals surface area contributed by atoms with E-state index in [1.807, 2.05) is 19.1 Å². The Bertz CT molecular complexity index is 529. The van der Waals surface area contributed by atoms with Gasteiger partial charge in [0.15, 0.2) is 0 Å². The van der Waals surface area contributed by atoms with E-state index in [1.165, 1.54) is 0 Å². The van der Waals surface area contributed by atoms with Crippen molar-refractivity contribution in [2.75, 3.05) is 0 Å². The van der Waals surface area contributed by atoms with Crippen LogP contribution in [-0.4, -0.2) is 10.1 Å². The molecule has 0 saturated carbocycles. The fourth-order valence-corrected chi connectivity index (χ4v) is 1.87. The summed E-state index contributed by atoms with van der Waals surface area (Å²) in [5.41, 5.74) is 1.72. The molecule has 0 aliphatic heterocycles. The first kappa shape index (κ1) is 11.9. The number of phenolic OH excluding ortho intramolecular Hbond substituents is 1. The Morgan fingerprint density at radius 3 is 2.94 bits per heavy atom. The summed E-state index contributed by atoms with van der Waals surface area (Å²) in [5.74, 6) is 0.930. The van der Waals surface area contributed by atoms with E-state index < -0.39 is 0 Å². The Hall–Kier alpha value is -1.55. The molecule has 17 heavy (non-hydrogen) atoms. The maximum atomic E-state index is 9.54. The number of halogens is 1. The Kier molecular flexibility index (Phi) is 3.64. The highest BCUT2D eigenvalue weighted by molar-refractivity contribution is 9.10. The molecule has 88 valence electrons. The van der Waals surface area contributed by atoms with Gasteiger partial charge in [0, 0.05) is 28.0 Å². The number of pyridine rings is 1. The first-order chi connectivity index (χ1) is 8.16. The maximum Gasteiger partial charge on any atom is 0.126 e. The van der Waals surface area contributed by atoms with E-state index in [2.05, 4.69) is 20.9 Å². The van der Waals surface area contributed by atoms with Gasteiger partial charge in [-0.1, -0.05) is 6.07 Å². The van der Waals surface area contributed by atoms with Crippen molar-refractivity contribution in [3.8, 4) is 11.5 Å². The highest BCUT2D eigenvalue weighted by Gasteiger charge is 2.04. The molecule has 0 bridgehead atoms. The lowest BCUT2D eigenvalue weighted by atomic mass is 10.2. The summed E-state index contributed by atoms with van der Waals surface area (Å²) >= 11 is 3.36. The zero-order chi connectivity index (χ0) is 12.3. The quantitative estimate of drug-likeness (QED) is 0.943. The van der Waals surface area contributed by atoms with Crippen LogP contribution in [0.3, 0.4) is 0 Å². The molecule has 0 radical (unpaired) electrons. The van der Waals surface area contributed by atoms with Crippen LogP contribution in [0.25, 0.3) is 0 Å². The number of phenols is 1. The monoisotopic (exact) mass is 293 g/mol. The van der Waals surface area contributed by atoms with Gasteiger partial charge in [-0.3, -0.25) is 4.98 Å². The van der Waals surface area contributed by atoms with Crippen LogP contribution in [0.1, 0.15) is 11.1 Å². The van der Waals surface area contributed by atoms with Crippen LogP contribution < -0.4 is 4.74 Å². The summed E-state index contributed by atoms with van der Waals surface area (Å²) in [6, 6.07) is 7.19. The number of rotatable bonds is 3. The van der Waals surface area contributed by atoms with E-state index in [0.717, 1.165) is 15.6 Å². The van der Waals surface area contributed by atoms with Crippen molar-refractivity contribution in [2.45, 2.75) is 13.5 Å². The van der Waals surface area contributed by atoms with E-state index in [9.17, 15) is 5.11 Å². The first-order valence-electron chi connectivity index (χ1n) is 5.17. The topological polar surface area (TPSA) is 42.4 Å². The molecule has 0 atom stereocenters. The van der Waals surface area contributed by atoms with E-state index in [4.69, 9.17) is 4.74 Å². The molecule has 1 aromatic heterocycles. The number of ether oxygens (including phenoxy) is 1. The molecule has 2 aromatic rings. The predicted molar refractivity (Wildman–Crippen MR) is 69.1 cm³/mol. The molecule has 0 amide bonds. The second-order valence-corrected chi connectivity index (χ2v) is 4.62. The zero-order valence-corrected chi connectivity index (χ0v) is 10.9. The number of hydrogen-bond acceptors (Lipinski definition) is 3. The van der Waals surface area contributed by atoms with Crippen molar-refractivity contribution in [2.24, 2.45) is 0 Å². The van der Waals surface area contributed by atoms with Gasteiger partial charge in [0.1, 0.15) is 18.1 Å². The van der Waals surface area contributed by atoms with Gasteiger partial charge in [-0.05, 0) is 41.1 Å². The average Bonchev–Trinajstić information content (AvgIpc) is 2.31. The highest BCUT2D eigenvalue weighted by Crippen LogP contribution is 2.26. The van der Waals surface area contributed by atoms with Gasteiger partial charge >= 0.3 is 0 Å². The van der Waals surface area contributed by atoms with E-state index in [0.29, 0.717) is 12.4 Å². The molecule has 0 aliphatic carbocycles. The SMILES string of the molecule is Cc1c(O)cccc1OCc1cncc(Br)c1. The summed E-state index contributed by atoms with van der Waals surface area (Å²) in [5, 5.41) is 9.54. The van der Waals surface area contributed by atoms with Gasteiger partial charge in [0.25, 0.3) is 0 Å². The number of aromatic nitrogens is 1. The molecular formula is C13H12BrNO2. The fraction of sp³-hybridized carbons (Fsp3) is 0.154. The third kappa shape index (κ3) is 2.97. The van der Waals surface area contributed by atoms with Crippen molar-refractivity contribution in [1.29, 1.82) is 0 Å². The van der Waals surface area contributed by atoms with Crippen LogP contribution in [0, 0.1) is 6.92 Å². The summed E-state index contributed by atoms with van der Waals surface area (Å²) in [4.78, 5) is 4.06. The zero-order valence-electron chi connectivity index (χ0n) is 9.35. The molecule has 0 aliphatic rings. The molecule has 1 N–H and O–H groups in total. The van der Waals surface area contributed by atoms with Gasteiger partial charge in [-0.2, -0.15) is 0 Å². The molecule has 0 spiro atoms. The summed E-state index contributed by atoms with van der Waals surface area (Å²) in [6.07, 6.45) is 3.48. The van der Waals surface area contributed by atoms with Crippen LogP contribution in [0.5, 0.6) is 11.5 Å². The molecule has 4 heteroatoms. The Morgan fingerprint density at radius 1 is 1.35 bits per heavy atom. The van der Waals surface area contributed by atoms with Gasteiger partial charge in [0.2, 0.25) is 0 Å². The lowest BCUT2D eigenvalue weighted by Crippen LogP contribution is -1.97. The normalized spacial score (nSPS) is 10.2. The molecule has 0 unspecified atom stereocenters. The minimum Gasteiger partial charge on any atom is -0.508 e. The largest absolute Gasteiger partial charge is 0.508 e. The number of benzene rings is 1. The summed E-state index contributed by atoms with van der Waals surface area (Å²) in [6.45, 7) is 2.25. The predicted octanol–water partition coefficient (Wildman–Crippen LogP) is 3.44. The van der Waals surface area contributed by atoms with Gasteiger partial charge < -0.3 is 9.84 Å². The average molecular weight is 294 g/mol. The van der Waals surface area contributed by atoms with Crippen LogP contribution in [0.4, 0.5) is 0 Å². The molecule has 1 aromatic carbocycles. The number of hydrogen-bond donors (Lipinski definition) is 1. The smallest absolute Gasteiger partial charge is 0.126 e. The standard InChI is InChI=1S/C13H12BrNO2/c1-9-12(16)3-2-4-13(9)17-8-10-5-11(14)7-15-6-10/h2-7,16H,8H2,1H3. The first-order valence-corrected chi connectivity index (χ1v) is 5.97. The third-order valence-corrected chi connectivity index (χ3v) is 2.85. The fourth-order valence-electron chi connectivity index (χ4n) is 1.46. The lowest BCUT2D eigenvalue weighted by Gasteiger charge is -2.09. The molecular weight excluding hydrogens is 282 g/mol. The minimum atomic E-state index is 0.245. The van der Waals surface area contributed by atoms with Crippen molar-refractivity contribution in [1.82, 2.24) is 4.98 Å². The number of aromatic hydroxyl groups is 1. The second kappa shape index (κ2) is 5.19. The van der Waals surface area contributed by atoms with Gasteiger partial charge in [-0.15, -0.1) is 0 Å². The maximum absolute atomic E-state index is 9.54. The van der Waals surface area contributed by atoms with Crippen molar-refractivity contribution < 1.29 is 9.84 Å². The van der Waals surface area contributed by atoms with Crippen LogP contribution in [0.15, 0.2) is 41.1 Å². The van der Waals surface area contributed by atoms with Gasteiger partial charge in [-0.25, -0.2) is 0 Å². The van der Waals surface area contributed by atoms with Crippen molar-refractivity contribution >= 4 is 15.9 Å². The Morgan fingerprint density at radius 2 is 2.18 bits per heavy atom. The minimum absolute atomic E-state index is 0.245. The van der Waals surface area contributed by atoms with Gasteiger partial charge in [0.05, 0.1) is 0 Å². The van der Waals surface area contributed by atoms with Crippen LogP contribution in [-0.2, 0) is 6.61 Å². The van der Waals surface area contributed by atoms with Crippen LogP contribution >= 0.6 is 15.9 Å². The second-order valence-electron chi connectivity index (χ2n) is 3.70. The van der Waals surface area contributed by atoms with Crippen molar-refractivity contribution in [3.05, 3.63) is 52.3 Å².